The van der Waals surface area contributed by atoms with Crippen LogP contribution in [0.3, 0.4) is 0 Å². The minimum Gasteiger partial charge on any atom is -0.490 e. The second-order valence-electron chi connectivity index (χ2n) is 5.17. The summed E-state index contributed by atoms with van der Waals surface area (Å²) in [6.07, 6.45) is 3.31. The third kappa shape index (κ3) is 3.31. The summed E-state index contributed by atoms with van der Waals surface area (Å²) in [7, 11) is 0. The van der Waals surface area contributed by atoms with Crippen LogP contribution in [0.25, 0.3) is 0 Å². The largest absolute Gasteiger partial charge is 0.490 e. The van der Waals surface area contributed by atoms with Gasteiger partial charge in [0.15, 0.2) is 6.10 Å². The maximum atomic E-state index is 11.8. The van der Waals surface area contributed by atoms with Crippen LogP contribution < -0.4 is 4.74 Å². The molecule has 1 aliphatic carbocycles. The summed E-state index contributed by atoms with van der Waals surface area (Å²) in [4.78, 5) is 11.8. The maximum Gasteiger partial charge on any atom is 0.339 e. The Balaban J connectivity index is 2.23. The van der Waals surface area contributed by atoms with E-state index in [1.165, 1.54) is 12.8 Å². The molecule has 1 saturated carbocycles. The van der Waals surface area contributed by atoms with Gasteiger partial charge < -0.3 is 14.6 Å². The minimum atomic E-state index is -1.28. The molecule has 0 aromatic heterocycles. The van der Waals surface area contributed by atoms with E-state index in [4.69, 9.17) is 9.47 Å². The third-order valence-electron chi connectivity index (χ3n) is 3.66. The highest BCUT2D eigenvalue weighted by atomic mass is 16.5. The summed E-state index contributed by atoms with van der Waals surface area (Å²) in [5, 5.41) is 10.2. The molecule has 2 rings (SSSR count). The first-order valence-corrected chi connectivity index (χ1v) is 7.24. The van der Waals surface area contributed by atoms with Crippen molar-refractivity contribution in [3.63, 3.8) is 0 Å². The zero-order valence-electron chi connectivity index (χ0n) is 12.1. The number of hydrogen-bond acceptors (Lipinski definition) is 4. The molecule has 0 radical (unpaired) electrons. The molecule has 0 aliphatic heterocycles. The van der Waals surface area contributed by atoms with Crippen LogP contribution >= 0.6 is 0 Å². The zero-order chi connectivity index (χ0) is 14.5. The van der Waals surface area contributed by atoms with Crippen molar-refractivity contribution in [1.29, 1.82) is 0 Å². The molecule has 1 aromatic rings. The van der Waals surface area contributed by atoms with Gasteiger partial charge >= 0.3 is 5.97 Å². The van der Waals surface area contributed by atoms with Gasteiger partial charge in [0.25, 0.3) is 0 Å². The van der Waals surface area contributed by atoms with Crippen molar-refractivity contribution >= 4 is 5.97 Å². The van der Waals surface area contributed by atoms with Gasteiger partial charge in [-0.3, -0.25) is 0 Å². The molecule has 1 N–H and O–H groups in total. The molecule has 0 saturated heterocycles. The van der Waals surface area contributed by atoms with Crippen molar-refractivity contribution in [2.45, 2.75) is 51.7 Å². The fourth-order valence-electron chi connectivity index (χ4n) is 2.63. The fourth-order valence-corrected chi connectivity index (χ4v) is 2.63. The van der Waals surface area contributed by atoms with Crippen molar-refractivity contribution < 1.29 is 19.4 Å². The molecule has 0 amide bonds. The number of hydrogen-bond donors (Lipinski definition) is 1. The Hall–Kier alpha value is -1.55. The van der Waals surface area contributed by atoms with Crippen molar-refractivity contribution in [3.8, 4) is 5.75 Å². The van der Waals surface area contributed by atoms with Gasteiger partial charge in [0.05, 0.1) is 12.7 Å². The third-order valence-corrected chi connectivity index (χ3v) is 3.66. The molecule has 0 heterocycles. The lowest BCUT2D eigenvalue weighted by molar-refractivity contribution is -0.153. The van der Waals surface area contributed by atoms with E-state index in [-0.39, 0.29) is 12.7 Å². The first kappa shape index (κ1) is 14.9. The average molecular weight is 278 g/mol. The second kappa shape index (κ2) is 6.75. The van der Waals surface area contributed by atoms with E-state index in [0.29, 0.717) is 11.3 Å². The predicted octanol–water partition coefficient (Wildman–Crippen LogP) is 2.91. The molecule has 4 nitrogen and oxygen atoms in total. The number of aliphatic hydroxyl groups is 1. The van der Waals surface area contributed by atoms with E-state index in [0.717, 1.165) is 18.4 Å². The summed E-state index contributed by atoms with van der Waals surface area (Å²) in [6, 6.07) is 5.55. The lowest BCUT2D eigenvalue weighted by Gasteiger charge is -2.20. The summed E-state index contributed by atoms with van der Waals surface area (Å²) in [5.74, 6) is -0.0319. The monoisotopic (exact) mass is 278 g/mol. The van der Waals surface area contributed by atoms with Gasteiger partial charge in [0, 0.05) is 5.56 Å². The highest BCUT2D eigenvalue weighted by Crippen LogP contribution is 2.32. The van der Waals surface area contributed by atoms with Crippen LogP contribution in [0.15, 0.2) is 18.2 Å². The summed E-state index contributed by atoms with van der Waals surface area (Å²) >= 11 is 0. The standard InChI is InChI=1S/C16H22O4/c1-3-19-16(18)15(17)14-11(2)7-6-10-13(14)20-12-8-4-5-9-12/h6-7,10,12,15,17H,3-5,8-9H2,1-2H3. The Morgan fingerprint density at radius 1 is 1.40 bits per heavy atom. The summed E-state index contributed by atoms with van der Waals surface area (Å²) in [6.45, 7) is 3.83. The zero-order valence-corrected chi connectivity index (χ0v) is 12.1. The predicted molar refractivity (Wildman–Crippen MR) is 75.7 cm³/mol. The molecule has 110 valence electrons. The van der Waals surface area contributed by atoms with Gasteiger partial charge in [-0.2, -0.15) is 0 Å². The topological polar surface area (TPSA) is 55.8 Å². The Morgan fingerprint density at radius 2 is 2.10 bits per heavy atom. The first-order chi connectivity index (χ1) is 9.63. The average Bonchev–Trinajstić information content (AvgIpc) is 2.91. The van der Waals surface area contributed by atoms with Crippen molar-refractivity contribution in [1.82, 2.24) is 0 Å². The van der Waals surface area contributed by atoms with E-state index in [2.05, 4.69) is 0 Å². The number of esters is 1. The van der Waals surface area contributed by atoms with Gasteiger partial charge in [-0.1, -0.05) is 12.1 Å². The number of aliphatic hydroxyl groups excluding tert-OH is 1. The molecule has 1 aromatic carbocycles. The highest BCUT2D eigenvalue weighted by molar-refractivity contribution is 5.78. The van der Waals surface area contributed by atoms with Gasteiger partial charge in [0.1, 0.15) is 5.75 Å². The molecule has 0 bridgehead atoms. The molecule has 1 fully saturated rings. The second-order valence-corrected chi connectivity index (χ2v) is 5.17. The molecule has 1 unspecified atom stereocenters. The Labute approximate surface area is 119 Å². The van der Waals surface area contributed by atoms with Gasteiger partial charge in [-0.05, 0) is 51.2 Å². The molecule has 0 spiro atoms. The van der Waals surface area contributed by atoms with Crippen LogP contribution in [0.2, 0.25) is 0 Å². The van der Waals surface area contributed by atoms with E-state index >= 15 is 0 Å². The Morgan fingerprint density at radius 3 is 2.75 bits per heavy atom. The van der Waals surface area contributed by atoms with Crippen LogP contribution in [0.1, 0.15) is 49.8 Å². The maximum absolute atomic E-state index is 11.8. The van der Waals surface area contributed by atoms with E-state index in [9.17, 15) is 9.90 Å². The summed E-state index contributed by atoms with van der Waals surface area (Å²) in [5.41, 5.74) is 1.36. The van der Waals surface area contributed by atoms with Crippen molar-refractivity contribution in [2.75, 3.05) is 6.61 Å². The number of rotatable bonds is 5. The van der Waals surface area contributed by atoms with Crippen LogP contribution in [0.5, 0.6) is 5.75 Å². The molecular weight excluding hydrogens is 256 g/mol. The van der Waals surface area contributed by atoms with Crippen LogP contribution in [0.4, 0.5) is 0 Å². The van der Waals surface area contributed by atoms with Crippen LogP contribution in [0, 0.1) is 6.92 Å². The highest BCUT2D eigenvalue weighted by Gasteiger charge is 2.26. The SMILES string of the molecule is CCOC(=O)C(O)c1c(C)cccc1OC1CCCC1. The Bertz CT molecular complexity index is 464. The first-order valence-electron chi connectivity index (χ1n) is 7.24. The van der Waals surface area contributed by atoms with Crippen LogP contribution in [-0.2, 0) is 9.53 Å². The van der Waals surface area contributed by atoms with Gasteiger partial charge in [-0.25, -0.2) is 4.79 Å². The van der Waals surface area contributed by atoms with Crippen LogP contribution in [-0.4, -0.2) is 23.8 Å². The van der Waals surface area contributed by atoms with Crippen molar-refractivity contribution in [2.24, 2.45) is 0 Å². The molecule has 1 atom stereocenters. The molecule has 20 heavy (non-hydrogen) atoms. The molecular formula is C16H22O4. The number of carbonyl (C=O) groups is 1. The number of aryl methyl sites for hydroxylation is 1. The molecule has 1 aliphatic rings. The van der Waals surface area contributed by atoms with Gasteiger partial charge in [0.2, 0.25) is 0 Å². The lowest BCUT2D eigenvalue weighted by atomic mass is 10.0. The molecule has 4 heteroatoms. The quantitative estimate of drug-likeness (QED) is 0.841. The number of ether oxygens (including phenoxy) is 2. The van der Waals surface area contributed by atoms with Crippen molar-refractivity contribution in [3.05, 3.63) is 29.3 Å². The van der Waals surface area contributed by atoms with E-state index in [1.807, 2.05) is 25.1 Å². The van der Waals surface area contributed by atoms with Gasteiger partial charge in [-0.15, -0.1) is 0 Å². The minimum absolute atomic E-state index is 0.185. The normalized spacial score (nSPS) is 16.9. The fraction of sp³-hybridized carbons (Fsp3) is 0.562. The smallest absolute Gasteiger partial charge is 0.339 e. The van der Waals surface area contributed by atoms with E-state index < -0.39 is 12.1 Å². The van der Waals surface area contributed by atoms with E-state index in [1.54, 1.807) is 6.92 Å². The lowest BCUT2D eigenvalue weighted by Crippen LogP contribution is -2.19. The number of carbonyl (C=O) groups excluding carboxylic acids is 1. The summed E-state index contributed by atoms with van der Waals surface area (Å²) < 4.78 is 10.9. The number of benzene rings is 1. The Kier molecular flexibility index (Phi) is 5.01.